The summed E-state index contributed by atoms with van der Waals surface area (Å²) in [6.07, 6.45) is 8.09. The third kappa shape index (κ3) is 6.27. The monoisotopic (exact) mass is 324 g/mol. The van der Waals surface area contributed by atoms with Crippen LogP contribution in [0.4, 0.5) is 0 Å². The van der Waals surface area contributed by atoms with Crippen molar-refractivity contribution >= 4 is 5.97 Å². The first kappa shape index (κ1) is 18.5. The summed E-state index contributed by atoms with van der Waals surface area (Å²) in [6, 6.07) is 0. The molecule has 0 aromatic carbocycles. The maximum Gasteiger partial charge on any atom is 0.317 e. The number of rotatable bonds is 11. The smallest absolute Gasteiger partial charge is 0.317 e. The zero-order valence-electron chi connectivity index (χ0n) is 14.8. The average molecular weight is 324 g/mol. The lowest BCUT2D eigenvalue weighted by molar-refractivity contribution is -0.144. The Morgan fingerprint density at radius 2 is 1.91 bits per heavy atom. The van der Waals surface area contributed by atoms with Gasteiger partial charge in [0, 0.05) is 26.4 Å². The van der Waals surface area contributed by atoms with Crippen LogP contribution in [0.25, 0.3) is 0 Å². The van der Waals surface area contributed by atoms with Crippen LogP contribution in [0.15, 0.2) is 11.1 Å². The molecule has 2 aliphatic rings. The largest absolute Gasteiger partial charge is 0.465 e. The summed E-state index contributed by atoms with van der Waals surface area (Å²) in [5, 5.41) is 0. The number of carbonyl (C=O) groups is 1. The Morgan fingerprint density at radius 1 is 1.17 bits per heavy atom. The van der Waals surface area contributed by atoms with Crippen molar-refractivity contribution in [3.8, 4) is 0 Å². The van der Waals surface area contributed by atoms with Gasteiger partial charge in [-0.15, -0.1) is 0 Å². The lowest BCUT2D eigenvalue weighted by Gasteiger charge is -2.21. The van der Waals surface area contributed by atoms with Crippen molar-refractivity contribution < 1.29 is 19.0 Å². The highest BCUT2D eigenvalue weighted by Gasteiger charge is 2.39. The summed E-state index contributed by atoms with van der Waals surface area (Å²) in [7, 11) is 0. The predicted molar refractivity (Wildman–Crippen MR) is 90.3 cm³/mol. The summed E-state index contributed by atoms with van der Waals surface area (Å²) in [4.78, 5) is 11.7. The van der Waals surface area contributed by atoms with Crippen LogP contribution in [0.2, 0.25) is 0 Å². The Balaban J connectivity index is 1.40. The van der Waals surface area contributed by atoms with Gasteiger partial charge in [-0.25, -0.2) is 0 Å². The van der Waals surface area contributed by atoms with Crippen molar-refractivity contribution in [3.05, 3.63) is 11.1 Å². The van der Waals surface area contributed by atoms with Crippen molar-refractivity contribution in [3.63, 3.8) is 0 Å². The van der Waals surface area contributed by atoms with Crippen molar-refractivity contribution in [1.29, 1.82) is 0 Å². The Morgan fingerprint density at radius 3 is 2.65 bits per heavy atom. The number of unbranched alkanes of at least 4 members (excludes halogenated alkanes) is 3. The van der Waals surface area contributed by atoms with Crippen LogP contribution in [0.1, 0.15) is 58.8 Å². The molecule has 23 heavy (non-hydrogen) atoms. The molecule has 0 saturated carbocycles. The fourth-order valence-electron chi connectivity index (χ4n) is 3.31. The van der Waals surface area contributed by atoms with E-state index in [1.807, 2.05) is 6.92 Å². The molecule has 1 aliphatic heterocycles. The van der Waals surface area contributed by atoms with Crippen LogP contribution < -0.4 is 0 Å². The normalized spacial score (nSPS) is 21.6. The quantitative estimate of drug-likeness (QED) is 0.328. The SMILES string of the molecule is CCOC(=O)[C@@H]1C(C)=C1CCCCCCOCC1CCOCC1. The van der Waals surface area contributed by atoms with Gasteiger partial charge in [-0.2, -0.15) is 0 Å². The fraction of sp³-hybridized carbons (Fsp3) is 0.842. The number of ether oxygens (including phenoxy) is 3. The van der Waals surface area contributed by atoms with Gasteiger partial charge in [-0.1, -0.05) is 24.0 Å². The molecule has 0 amide bonds. The minimum absolute atomic E-state index is 0.0118. The van der Waals surface area contributed by atoms with Gasteiger partial charge < -0.3 is 14.2 Å². The highest BCUT2D eigenvalue weighted by molar-refractivity contribution is 5.85. The van der Waals surface area contributed by atoms with Crippen LogP contribution >= 0.6 is 0 Å². The van der Waals surface area contributed by atoms with Crippen molar-refractivity contribution in [2.45, 2.75) is 58.8 Å². The molecule has 132 valence electrons. The number of hydrogen-bond donors (Lipinski definition) is 0. The van der Waals surface area contributed by atoms with E-state index in [0.717, 1.165) is 52.1 Å². The Labute approximate surface area is 140 Å². The van der Waals surface area contributed by atoms with E-state index in [2.05, 4.69) is 6.92 Å². The van der Waals surface area contributed by atoms with Crippen LogP contribution in [0, 0.1) is 11.8 Å². The zero-order valence-corrected chi connectivity index (χ0v) is 14.8. The molecule has 1 saturated heterocycles. The molecule has 4 heteroatoms. The summed E-state index contributed by atoms with van der Waals surface area (Å²) >= 11 is 0. The zero-order chi connectivity index (χ0) is 16.5. The van der Waals surface area contributed by atoms with Gasteiger partial charge in [0.15, 0.2) is 0 Å². The molecule has 0 radical (unpaired) electrons. The van der Waals surface area contributed by atoms with E-state index in [1.165, 1.54) is 30.4 Å². The lowest BCUT2D eigenvalue weighted by Crippen LogP contribution is -2.20. The van der Waals surface area contributed by atoms with Gasteiger partial charge in [0.2, 0.25) is 0 Å². The molecule has 1 aliphatic carbocycles. The van der Waals surface area contributed by atoms with Crippen molar-refractivity contribution in [1.82, 2.24) is 0 Å². The van der Waals surface area contributed by atoms with E-state index in [9.17, 15) is 4.79 Å². The van der Waals surface area contributed by atoms with Gasteiger partial charge in [-0.3, -0.25) is 4.79 Å². The molecular weight excluding hydrogens is 292 g/mol. The van der Waals surface area contributed by atoms with Gasteiger partial charge in [0.05, 0.1) is 12.5 Å². The third-order valence-electron chi connectivity index (χ3n) is 4.91. The third-order valence-corrected chi connectivity index (χ3v) is 4.91. The highest BCUT2D eigenvalue weighted by atomic mass is 16.5. The van der Waals surface area contributed by atoms with Gasteiger partial charge >= 0.3 is 5.97 Å². The van der Waals surface area contributed by atoms with Crippen LogP contribution in [0.5, 0.6) is 0 Å². The van der Waals surface area contributed by atoms with E-state index in [4.69, 9.17) is 14.2 Å². The Kier molecular flexibility index (Phi) is 8.10. The molecule has 0 aromatic heterocycles. The topological polar surface area (TPSA) is 44.8 Å². The standard InChI is InChI=1S/C19H32O4/c1-3-23-19(20)18-15(2)17(18)8-6-4-5-7-11-22-14-16-9-12-21-13-10-16/h16,18H,3-14H2,1-2H3/t18-/m1/s1. The average Bonchev–Trinajstić information content (AvgIpc) is 3.21. The molecule has 0 bridgehead atoms. The summed E-state index contributed by atoms with van der Waals surface area (Å²) in [5.74, 6) is 0.660. The molecule has 0 aromatic rings. The molecular formula is C19H32O4. The molecule has 4 nitrogen and oxygen atoms in total. The second kappa shape index (κ2) is 10.1. The summed E-state index contributed by atoms with van der Waals surface area (Å²) in [5.41, 5.74) is 2.56. The molecule has 0 unspecified atom stereocenters. The Bertz CT molecular complexity index is 396. The first-order chi connectivity index (χ1) is 11.2. The van der Waals surface area contributed by atoms with E-state index in [-0.39, 0.29) is 11.9 Å². The molecule has 1 fully saturated rings. The number of carbonyl (C=O) groups excluding carboxylic acids is 1. The van der Waals surface area contributed by atoms with Crippen molar-refractivity contribution in [2.75, 3.05) is 33.0 Å². The maximum absolute atomic E-state index is 11.7. The van der Waals surface area contributed by atoms with Gasteiger partial charge in [0.25, 0.3) is 0 Å². The van der Waals surface area contributed by atoms with Crippen LogP contribution in [-0.2, 0) is 19.0 Å². The fourth-order valence-corrected chi connectivity index (χ4v) is 3.31. The summed E-state index contributed by atoms with van der Waals surface area (Å²) in [6.45, 7) is 7.97. The number of esters is 1. The van der Waals surface area contributed by atoms with Crippen molar-refractivity contribution in [2.24, 2.45) is 11.8 Å². The molecule has 2 rings (SSSR count). The lowest BCUT2D eigenvalue weighted by atomic mass is 10.0. The van der Waals surface area contributed by atoms with Crippen LogP contribution in [-0.4, -0.2) is 39.0 Å². The predicted octanol–water partition coefficient (Wildman–Crippen LogP) is 3.89. The number of hydrogen-bond acceptors (Lipinski definition) is 4. The molecule has 0 spiro atoms. The van der Waals surface area contributed by atoms with Gasteiger partial charge in [-0.05, 0) is 51.9 Å². The minimum Gasteiger partial charge on any atom is -0.465 e. The second-order valence-electron chi connectivity index (χ2n) is 6.69. The first-order valence-electron chi connectivity index (χ1n) is 9.25. The van der Waals surface area contributed by atoms with E-state index >= 15 is 0 Å². The molecule has 0 N–H and O–H groups in total. The summed E-state index contributed by atoms with van der Waals surface area (Å²) < 4.78 is 16.2. The first-order valence-corrected chi connectivity index (χ1v) is 9.25. The highest BCUT2D eigenvalue weighted by Crippen LogP contribution is 2.43. The van der Waals surface area contributed by atoms with E-state index in [0.29, 0.717) is 12.5 Å². The minimum atomic E-state index is -0.0542. The molecule has 1 heterocycles. The van der Waals surface area contributed by atoms with E-state index in [1.54, 1.807) is 0 Å². The van der Waals surface area contributed by atoms with Gasteiger partial charge in [0.1, 0.15) is 0 Å². The Hall–Kier alpha value is -0.870. The van der Waals surface area contributed by atoms with E-state index < -0.39 is 0 Å². The second-order valence-corrected chi connectivity index (χ2v) is 6.69. The maximum atomic E-state index is 11.7. The molecule has 1 atom stereocenters. The van der Waals surface area contributed by atoms with Crippen LogP contribution in [0.3, 0.4) is 0 Å².